The SMILES string of the molecule is CCCS(=O)(=O)N(CCCl)Cc1ccccc1. The summed E-state index contributed by atoms with van der Waals surface area (Å²) in [6.45, 7) is 2.62. The maximum absolute atomic E-state index is 12.0. The number of benzene rings is 1. The number of hydrogen-bond acceptors (Lipinski definition) is 2. The summed E-state index contributed by atoms with van der Waals surface area (Å²) >= 11 is 5.66. The van der Waals surface area contributed by atoms with E-state index in [1.54, 1.807) is 0 Å². The number of halogens is 1. The third-order valence-electron chi connectivity index (χ3n) is 2.39. The zero-order valence-electron chi connectivity index (χ0n) is 9.97. The molecular formula is C12H18ClNO2S. The van der Waals surface area contributed by atoms with Crippen LogP contribution in [0.15, 0.2) is 30.3 Å². The molecule has 5 heteroatoms. The first-order valence-electron chi connectivity index (χ1n) is 5.68. The lowest BCUT2D eigenvalue weighted by Gasteiger charge is -2.21. The summed E-state index contributed by atoms with van der Waals surface area (Å²) in [5.74, 6) is 0.493. The molecule has 3 nitrogen and oxygen atoms in total. The molecule has 0 spiro atoms. The Morgan fingerprint density at radius 3 is 2.41 bits per heavy atom. The summed E-state index contributed by atoms with van der Waals surface area (Å²) in [7, 11) is -3.18. The van der Waals surface area contributed by atoms with E-state index in [0.717, 1.165) is 5.56 Å². The van der Waals surface area contributed by atoms with Crippen LogP contribution in [0.4, 0.5) is 0 Å². The average Bonchev–Trinajstić information content (AvgIpc) is 2.30. The number of nitrogens with zero attached hydrogens (tertiary/aromatic N) is 1. The van der Waals surface area contributed by atoms with E-state index in [4.69, 9.17) is 11.6 Å². The summed E-state index contributed by atoms with van der Waals surface area (Å²) in [5.41, 5.74) is 0.984. The molecule has 1 aromatic carbocycles. The van der Waals surface area contributed by atoms with Gasteiger partial charge in [0.1, 0.15) is 0 Å². The van der Waals surface area contributed by atoms with Crippen LogP contribution in [0.3, 0.4) is 0 Å². The Labute approximate surface area is 108 Å². The topological polar surface area (TPSA) is 37.4 Å². The highest BCUT2D eigenvalue weighted by Crippen LogP contribution is 2.10. The molecule has 1 rings (SSSR count). The summed E-state index contributed by atoms with van der Waals surface area (Å²) in [4.78, 5) is 0. The van der Waals surface area contributed by atoms with E-state index in [1.165, 1.54) is 4.31 Å². The van der Waals surface area contributed by atoms with E-state index in [2.05, 4.69) is 0 Å². The molecule has 1 aromatic rings. The van der Waals surface area contributed by atoms with Crippen LogP contribution in [0.5, 0.6) is 0 Å². The molecule has 0 N–H and O–H groups in total. The molecular weight excluding hydrogens is 258 g/mol. The van der Waals surface area contributed by atoms with E-state index in [1.807, 2.05) is 37.3 Å². The minimum Gasteiger partial charge on any atom is -0.212 e. The number of hydrogen-bond donors (Lipinski definition) is 0. The largest absolute Gasteiger partial charge is 0.214 e. The molecule has 0 saturated heterocycles. The van der Waals surface area contributed by atoms with Gasteiger partial charge in [0.15, 0.2) is 0 Å². The van der Waals surface area contributed by atoms with Crippen molar-refractivity contribution in [3.05, 3.63) is 35.9 Å². The van der Waals surface area contributed by atoms with Gasteiger partial charge in [-0.3, -0.25) is 0 Å². The standard InChI is InChI=1S/C12H18ClNO2S/c1-2-10-17(15,16)14(9-8-13)11-12-6-4-3-5-7-12/h3-7H,2,8-11H2,1H3. The minimum absolute atomic E-state index is 0.177. The van der Waals surface area contributed by atoms with E-state index in [-0.39, 0.29) is 5.75 Å². The first-order chi connectivity index (χ1) is 8.10. The van der Waals surface area contributed by atoms with Gasteiger partial charge in [-0.1, -0.05) is 37.3 Å². The van der Waals surface area contributed by atoms with Crippen LogP contribution in [-0.4, -0.2) is 30.9 Å². The van der Waals surface area contributed by atoms with Gasteiger partial charge in [0.05, 0.1) is 5.75 Å². The second-order valence-electron chi connectivity index (χ2n) is 3.82. The molecule has 0 aliphatic carbocycles. The third kappa shape index (κ3) is 4.66. The molecule has 0 heterocycles. The Bertz CT molecular complexity index is 419. The molecule has 0 fully saturated rings. The smallest absolute Gasteiger partial charge is 0.212 e. The van der Waals surface area contributed by atoms with Gasteiger partial charge in [0, 0.05) is 19.0 Å². The van der Waals surface area contributed by atoms with Crippen molar-refractivity contribution in [3.8, 4) is 0 Å². The van der Waals surface area contributed by atoms with Crippen molar-refractivity contribution in [2.45, 2.75) is 19.9 Å². The normalized spacial score (nSPS) is 11.9. The lowest BCUT2D eigenvalue weighted by molar-refractivity contribution is 0.424. The van der Waals surface area contributed by atoms with Crippen LogP contribution in [0.2, 0.25) is 0 Å². The molecule has 17 heavy (non-hydrogen) atoms. The van der Waals surface area contributed by atoms with E-state index >= 15 is 0 Å². The van der Waals surface area contributed by atoms with E-state index in [0.29, 0.717) is 25.4 Å². The van der Waals surface area contributed by atoms with Crippen LogP contribution < -0.4 is 0 Å². The molecule has 0 aromatic heterocycles. The number of rotatable bonds is 7. The lowest BCUT2D eigenvalue weighted by atomic mass is 10.2. The average molecular weight is 276 g/mol. The van der Waals surface area contributed by atoms with Crippen LogP contribution in [0, 0.1) is 0 Å². The zero-order chi connectivity index (χ0) is 12.7. The minimum atomic E-state index is -3.18. The highest BCUT2D eigenvalue weighted by molar-refractivity contribution is 7.89. The highest BCUT2D eigenvalue weighted by Gasteiger charge is 2.20. The zero-order valence-corrected chi connectivity index (χ0v) is 11.5. The van der Waals surface area contributed by atoms with Crippen molar-refractivity contribution in [1.29, 1.82) is 0 Å². The third-order valence-corrected chi connectivity index (χ3v) is 4.58. The van der Waals surface area contributed by atoms with Crippen LogP contribution in [-0.2, 0) is 16.6 Å². The van der Waals surface area contributed by atoms with Crippen LogP contribution in [0.1, 0.15) is 18.9 Å². The van der Waals surface area contributed by atoms with Crippen molar-refractivity contribution in [3.63, 3.8) is 0 Å². The summed E-state index contributed by atoms with van der Waals surface area (Å²) in [6.07, 6.45) is 0.621. The lowest BCUT2D eigenvalue weighted by Crippen LogP contribution is -2.34. The maximum atomic E-state index is 12.0. The Morgan fingerprint density at radius 1 is 1.24 bits per heavy atom. The van der Waals surface area contributed by atoms with Gasteiger partial charge in [-0.2, -0.15) is 4.31 Å². The van der Waals surface area contributed by atoms with Gasteiger partial charge in [-0.25, -0.2) is 8.42 Å². The van der Waals surface area contributed by atoms with Crippen molar-refractivity contribution in [1.82, 2.24) is 4.31 Å². The first-order valence-corrected chi connectivity index (χ1v) is 7.82. The maximum Gasteiger partial charge on any atom is 0.214 e. The van der Waals surface area contributed by atoms with Gasteiger partial charge in [-0.15, -0.1) is 11.6 Å². The monoisotopic (exact) mass is 275 g/mol. The molecule has 0 atom stereocenters. The Hall–Kier alpha value is -0.580. The molecule has 0 unspecified atom stereocenters. The fourth-order valence-electron chi connectivity index (χ4n) is 1.58. The van der Waals surface area contributed by atoms with Gasteiger partial charge in [-0.05, 0) is 12.0 Å². The van der Waals surface area contributed by atoms with Gasteiger partial charge in [0.25, 0.3) is 0 Å². The Morgan fingerprint density at radius 2 is 1.88 bits per heavy atom. The van der Waals surface area contributed by atoms with Crippen molar-refractivity contribution in [2.75, 3.05) is 18.2 Å². The summed E-state index contributed by atoms with van der Waals surface area (Å²) in [6, 6.07) is 9.56. The second kappa shape index (κ2) is 6.99. The molecule has 96 valence electrons. The highest BCUT2D eigenvalue weighted by atomic mass is 35.5. The Balaban J connectivity index is 2.80. The predicted molar refractivity (Wildman–Crippen MR) is 71.6 cm³/mol. The van der Waals surface area contributed by atoms with Gasteiger partial charge < -0.3 is 0 Å². The second-order valence-corrected chi connectivity index (χ2v) is 6.29. The van der Waals surface area contributed by atoms with Crippen molar-refractivity contribution >= 4 is 21.6 Å². The quantitative estimate of drug-likeness (QED) is 0.717. The van der Waals surface area contributed by atoms with Gasteiger partial charge in [0.2, 0.25) is 10.0 Å². The summed E-state index contributed by atoms with van der Waals surface area (Å²) in [5, 5.41) is 0. The molecule has 0 bridgehead atoms. The number of sulfonamides is 1. The van der Waals surface area contributed by atoms with E-state index in [9.17, 15) is 8.42 Å². The van der Waals surface area contributed by atoms with Crippen LogP contribution in [0.25, 0.3) is 0 Å². The van der Waals surface area contributed by atoms with Crippen molar-refractivity contribution < 1.29 is 8.42 Å². The summed E-state index contributed by atoms with van der Waals surface area (Å²) < 4.78 is 25.4. The number of alkyl halides is 1. The molecule has 0 amide bonds. The molecule has 0 aliphatic heterocycles. The first kappa shape index (κ1) is 14.5. The van der Waals surface area contributed by atoms with Crippen molar-refractivity contribution in [2.24, 2.45) is 0 Å². The van der Waals surface area contributed by atoms with E-state index < -0.39 is 10.0 Å². The van der Waals surface area contributed by atoms with Crippen LogP contribution >= 0.6 is 11.6 Å². The Kier molecular flexibility index (Phi) is 5.95. The fourth-order valence-corrected chi connectivity index (χ4v) is 3.38. The molecule has 0 radical (unpaired) electrons. The predicted octanol–water partition coefficient (Wildman–Crippen LogP) is 2.47. The fraction of sp³-hybridized carbons (Fsp3) is 0.500. The van der Waals surface area contributed by atoms with Gasteiger partial charge >= 0.3 is 0 Å². The molecule has 0 aliphatic rings. The molecule has 0 saturated carbocycles.